The summed E-state index contributed by atoms with van der Waals surface area (Å²) in [6.07, 6.45) is 7.40. The molecule has 0 bridgehead atoms. The molecule has 1 amide bonds. The Bertz CT molecular complexity index is 972. The van der Waals surface area contributed by atoms with Crippen LogP contribution >= 0.6 is 0 Å². The molecule has 0 fully saturated rings. The number of aromatic nitrogens is 2. The van der Waals surface area contributed by atoms with E-state index in [4.69, 9.17) is 4.42 Å². The summed E-state index contributed by atoms with van der Waals surface area (Å²) in [5.74, 6) is 1.77. The molecule has 4 rings (SSSR count). The van der Waals surface area contributed by atoms with Crippen molar-refractivity contribution >= 4 is 5.91 Å². The lowest BCUT2D eigenvalue weighted by Crippen LogP contribution is -2.32. The molecule has 27 heavy (non-hydrogen) atoms. The first-order valence-corrected chi connectivity index (χ1v) is 9.19. The largest absolute Gasteiger partial charge is 0.465 e. The van der Waals surface area contributed by atoms with Crippen molar-refractivity contribution in [2.75, 3.05) is 0 Å². The zero-order valence-electron chi connectivity index (χ0n) is 15.5. The van der Waals surface area contributed by atoms with Crippen molar-refractivity contribution in [1.29, 1.82) is 0 Å². The fourth-order valence-electron chi connectivity index (χ4n) is 3.81. The maximum absolute atomic E-state index is 13.4. The van der Waals surface area contributed by atoms with Crippen LogP contribution in [0.4, 0.5) is 4.39 Å². The number of aryl methyl sites for hydroxylation is 3. The molecule has 6 heteroatoms. The van der Waals surface area contributed by atoms with Gasteiger partial charge in [0.2, 0.25) is 0 Å². The molecular formula is C21H22FN3O2. The van der Waals surface area contributed by atoms with E-state index in [1.165, 1.54) is 12.1 Å². The van der Waals surface area contributed by atoms with Crippen molar-refractivity contribution in [3.05, 3.63) is 76.5 Å². The average Bonchev–Trinajstić information content (AvgIpc) is 3.22. The number of imidazole rings is 1. The number of furan rings is 1. The van der Waals surface area contributed by atoms with Gasteiger partial charge in [0.25, 0.3) is 5.91 Å². The summed E-state index contributed by atoms with van der Waals surface area (Å²) < 4.78 is 21.1. The maximum Gasteiger partial charge on any atom is 0.255 e. The Kier molecular flexibility index (Phi) is 4.56. The van der Waals surface area contributed by atoms with Gasteiger partial charge in [-0.15, -0.1) is 0 Å². The van der Waals surface area contributed by atoms with Gasteiger partial charge in [-0.2, -0.15) is 0 Å². The van der Waals surface area contributed by atoms with Crippen molar-refractivity contribution in [1.82, 2.24) is 14.9 Å². The minimum Gasteiger partial charge on any atom is -0.465 e. The van der Waals surface area contributed by atoms with E-state index >= 15 is 0 Å². The van der Waals surface area contributed by atoms with E-state index in [0.29, 0.717) is 17.1 Å². The Morgan fingerprint density at radius 3 is 2.70 bits per heavy atom. The third kappa shape index (κ3) is 3.27. The average molecular weight is 367 g/mol. The number of nitrogens with zero attached hydrogens (tertiary/aromatic N) is 2. The zero-order chi connectivity index (χ0) is 19.0. The minimum absolute atomic E-state index is 0.184. The van der Waals surface area contributed by atoms with E-state index in [1.807, 2.05) is 24.7 Å². The summed E-state index contributed by atoms with van der Waals surface area (Å²) >= 11 is 0. The van der Waals surface area contributed by atoms with Crippen molar-refractivity contribution < 1.29 is 13.6 Å². The van der Waals surface area contributed by atoms with Gasteiger partial charge in [-0.1, -0.05) is 12.1 Å². The lowest BCUT2D eigenvalue weighted by atomic mass is 9.94. The number of fused-ring (bicyclic) bond motifs is 1. The van der Waals surface area contributed by atoms with Gasteiger partial charge in [0.05, 0.1) is 5.56 Å². The van der Waals surface area contributed by atoms with Crippen LogP contribution in [0.25, 0.3) is 0 Å². The molecule has 0 aliphatic heterocycles. The van der Waals surface area contributed by atoms with Crippen LogP contribution in [-0.2, 0) is 19.9 Å². The van der Waals surface area contributed by atoms with Crippen LogP contribution in [-0.4, -0.2) is 15.5 Å². The molecule has 1 atom stereocenters. The minimum atomic E-state index is -0.480. The van der Waals surface area contributed by atoms with E-state index in [-0.39, 0.29) is 11.7 Å². The van der Waals surface area contributed by atoms with E-state index in [1.54, 1.807) is 18.3 Å². The molecule has 0 saturated carbocycles. The van der Waals surface area contributed by atoms with Crippen molar-refractivity contribution in [2.45, 2.75) is 38.6 Å². The Hall–Kier alpha value is -2.89. The molecule has 3 aromatic rings. The fraction of sp³-hybridized carbons (Fsp3) is 0.333. The first kappa shape index (κ1) is 17.5. The Balaban J connectivity index is 1.70. The number of halogens is 1. The lowest BCUT2D eigenvalue weighted by Gasteiger charge is -2.20. The molecule has 0 spiro atoms. The van der Waals surface area contributed by atoms with Crippen molar-refractivity contribution in [3.63, 3.8) is 0 Å². The number of hydrogen-bond acceptors (Lipinski definition) is 3. The second-order valence-corrected chi connectivity index (χ2v) is 7.00. The molecule has 2 aromatic heterocycles. The number of rotatable bonds is 4. The normalized spacial score (nSPS) is 14.6. The second-order valence-electron chi connectivity index (χ2n) is 7.00. The molecule has 1 aliphatic rings. The molecule has 0 radical (unpaired) electrons. The van der Waals surface area contributed by atoms with Gasteiger partial charge in [-0.3, -0.25) is 4.79 Å². The summed E-state index contributed by atoms with van der Waals surface area (Å²) in [5, 5.41) is 3.08. The number of amides is 1. The highest BCUT2D eigenvalue weighted by Crippen LogP contribution is 2.30. The molecule has 0 unspecified atom stereocenters. The first-order valence-electron chi connectivity index (χ1n) is 9.19. The van der Waals surface area contributed by atoms with Gasteiger partial charge in [-0.05, 0) is 43.9 Å². The Morgan fingerprint density at radius 1 is 1.26 bits per heavy atom. The number of carbonyl (C=O) groups excluding carboxylic acids is 1. The molecule has 2 heterocycles. The van der Waals surface area contributed by atoms with Crippen LogP contribution in [0.3, 0.4) is 0 Å². The molecule has 5 nitrogen and oxygen atoms in total. The first-order chi connectivity index (χ1) is 13.0. The number of benzene rings is 1. The summed E-state index contributed by atoms with van der Waals surface area (Å²) in [5.41, 5.74) is 2.43. The predicted octanol–water partition coefficient (Wildman–Crippen LogP) is 3.86. The fourth-order valence-corrected chi connectivity index (χ4v) is 3.81. The number of nitrogens with one attached hydrogen (secondary N) is 1. The maximum atomic E-state index is 13.4. The van der Waals surface area contributed by atoms with E-state index in [9.17, 15) is 9.18 Å². The highest BCUT2D eigenvalue weighted by molar-refractivity contribution is 5.97. The van der Waals surface area contributed by atoms with Crippen molar-refractivity contribution in [2.24, 2.45) is 7.05 Å². The lowest BCUT2D eigenvalue weighted by molar-refractivity contribution is 0.0938. The SMILES string of the molecule is Cc1oc2c(c1C(=O)N[C@H](c1ccc(F)cc1)c1nccn1C)CCCC2. The third-order valence-corrected chi connectivity index (χ3v) is 5.17. The predicted molar refractivity (Wildman–Crippen MR) is 99.0 cm³/mol. The van der Waals surface area contributed by atoms with E-state index in [0.717, 1.165) is 42.6 Å². The van der Waals surface area contributed by atoms with E-state index < -0.39 is 6.04 Å². The summed E-state index contributed by atoms with van der Waals surface area (Å²) in [4.78, 5) is 17.6. The smallest absolute Gasteiger partial charge is 0.255 e. The van der Waals surface area contributed by atoms with Crippen LogP contribution in [0.5, 0.6) is 0 Å². The Morgan fingerprint density at radius 2 is 2.00 bits per heavy atom. The van der Waals surface area contributed by atoms with Crippen molar-refractivity contribution in [3.8, 4) is 0 Å². The van der Waals surface area contributed by atoms with Gasteiger partial charge in [0, 0.05) is 31.4 Å². The molecule has 0 saturated heterocycles. The molecule has 1 aromatic carbocycles. The summed E-state index contributed by atoms with van der Waals surface area (Å²) in [6.45, 7) is 1.83. The second kappa shape index (κ2) is 7.02. The highest BCUT2D eigenvalue weighted by atomic mass is 19.1. The number of carbonyl (C=O) groups is 1. The Labute approximate surface area is 157 Å². The van der Waals surface area contributed by atoms with E-state index in [2.05, 4.69) is 10.3 Å². The van der Waals surface area contributed by atoms with Gasteiger partial charge in [0.15, 0.2) is 0 Å². The van der Waals surface area contributed by atoms with Crippen LogP contribution in [0, 0.1) is 12.7 Å². The molecular weight excluding hydrogens is 345 g/mol. The molecule has 1 N–H and O–H groups in total. The quantitative estimate of drug-likeness (QED) is 0.762. The highest BCUT2D eigenvalue weighted by Gasteiger charge is 2.28. The van der Waals surface area contributed by atoms with Crippen LogP contribution < -0.4 is 5.32 Å². The van der Waals surface area contributed by atoms with Crippen LogP contribution in [0.2, 0.25) is 0 Å². The zero-order valence-corrected chi connectivity index (χ0v) is 15.5. The van der Waals surface area contributed by atoms with Gasteiger partial charge < -0.3 is 14.3 Å². The third-order valence-electron chi connectivity index (χ3n) is 5.17. The summed E-state index contributed by atoms with van der Waals surface area (Å²) in [6, 6.07) is 5.65. The monoisotopic (exact) mass is 367 g/mol. The van der Waals surface area contributed by atoms with Gasteiger partial charge in [0.1, 0.15) is 29.2 Å². The van der Waals surface area contributed by atoms with Crippen LogP contribution in [0.15, 0.2) is 41.1 Å². The topological polar surface area (TPSA) is 60.1 Å². The molecule has 140 valence electrons. The number of hydrogen-bond donors (Lipinski definition) is 1. The van der Waals surface area contributed by atoms with Crippen LogP contribution in [0.1, 0.15) is 57.7 Å². The molecule has 1 aliphatic carbocycles. The standard InChI is InChI=1S/C21H22FN3O2/c1-13-18(16-5-3-4-6-17(16)27-13)21(26)24-19(20-23-11-12-25(20)2)14-7-9-15(22)10-8-14/h7-12,19H,3-6H2,1-2H3,(H,24,26)/t19-/m1/s1. The van der Waals surface area contributed by atoms with Gasteiger partial charge >= 0.3 is 0 Å². The van der Waals surface area contributed by atoms with Gasteiger partial charge in [-0.25, -0.2) is 9.37 Å². The summed E-state index contributed by atoms with van der Waals surface area (Å²) in [7, 11) is 1.87.